The number of halogens is 1. The number of fused-ring (bicyclic) bond motifs is 3. The normalized spacial score (nSPS) is 11.3. The molecule has 0 saturated carbocycles. The first-order chi connectivity index (χ1) is 14.6. The monoisotopic (exact) mass is 401 g/mol. The highest BCUT2D eigenvalue weighted by molar-refractivity contribution is 5.82. The van der Waals surface area contributed by atoms with Gasteiger partial charge in [-0.1, -0.05) is 24.3 Å². The Labute approximate surface area is 170 Å². The maximum atomic E-state index is 13.2. The second-order valence-corrected chi connectivity index (χ2v) is 6.83. The summed E-state index contributed by atoms with van der Waals surface area (Å²) in [4.78, 5) is 13.0. The molecule has 5 rings (SSSR count). The zero-order valence-electron chi connectivity index (χ0n) is 16.0. The summed E-state index contributed by atoms with van der Waals surface area (Å²) in [6.45, 7) is 0.401. The van der Waals surface area contributed by atoms with E-state index in [-0.39, 0.29) is 16.9 Å². The Hall–Kier alpha value is -4.07. The standard InChI is InChI=1S/C22H16FN5O2/c1-30-17-8-2-14(3-9-17)13-27-11-10-19-20(22(27)29)25-26-21-18(12-24-28(19)21)15-4-6-16(23)7-5-15/h2-12H,13H2,1H3. The summed E-state index contributed by atoms with van der Waals surface area (Å²) in [7, 11) is 1.61. The number of nitrogens with zero attached hydrogens (tertiary/aromatic N) is 5. The lowest BCUT2D eigenvalue weighted by Crippen LogP contribution is -2.22. The van der Waals surface area contributed by atoms with Crippen molar-refractivity contribution < 1.29 is 9.13 Å². The summed E-state index contributed by atoms with van der Waals surface area (Å²) in [5.74, 6) is 0.442. The molecule has 2 aromatic carbocycles. The van der Waals surface area contributed by atoms with E-state index in [1.54, 1.807) is 46.8 Å². The molecule has 5 aromatic rings. The van der Waals surface area contributed by atoms with Gasteiger partial charge in [0.1, 0.15) is 17.1 Å². The zero-order valence-corrected chi connectivity index (χ0v) is 16.0. The first-order valence-electron chi connectivity index (χ1n) is 9.26. The second-order valence-electron chi connectivity index (χ2n) is 6.83. The first kappa shape index (κ1) is 18.0. The van der Waals surface area contributed by atoms with Crippen LogP contribution in [0.1, 0.15) is 5.56 Å². The predicted molar refractivity (Wildman–Crippen MR) is 110 cm³/mol. The highest BCUT2D eigenvalue weighted by Crippen LogP contribution is 2.24. The van der Waals surface area contributed by atoms with E-state index < -0.39 is 0 Å². The van der Waals surface area contributed by atoms with E-state index in [1.165, 1.54) is 12.1 Å². The third-order valence-corrected chi connectivity index (χ3v) is 5.00. The Morgan fingerprint density at radius 1 is 1.00 bits per heavy atom. The summed E-state index contributed by atoms with van der Waals surface area (Å²) in [5.41, 5.74) is 3.48. The molecular formula is C22H16FN5O2. The Balaban J connectivity index is 1.58. The lowest BCUT2D eigenvalue weighted by molar-refractivity contribution is 0.414. The van der Waals surface area contributed by atoms with Crippen LogP contribution in [-0.4, -0.2) is 31.5 Å². The van der Waals surface area contributed by atoms with Crippen LogP contribution < -0.4 is 10.3 Å². The Morgan fingerprint density at radius 3 is 2.50 bits per heavy atom. The molecule has 7 nitrogen and oxygen atoms in total. The minimum absolute atomic E-state index is 0.229. The number of rotatable bonds is 4. The van der Waals surface area contributed by atoms with E-state index in [0.717, 1.165) is 16.9 Å². The van der Waals surface area contributed by atoms with Gasteiger partial charge in [-0.2, -0.15) is 5.10 Å². The lowest BCUT2D eigenvalue weighted by Gasteiger charge is -2.08. The Bertz CT molecular complexity index is 1420. The van der Waals surface area contributed by atoms with Crippen LogP contribution in [0.2, 0.25) is 0 Å². The largest absolute Gasteiger partial charge is 0.497 e. The van der Waals surface area contributed by atoms with Crippen molar-refractivity contribution >= 4 is 16.7 Å². The van der Waals surface area contributed by atoms with E-state index in [4.69, 9.17) is 4.74 Å². The van der Waals surface area contributed by atoms with Crippen LogP contribution in [-0.2, 0) is 6.54 Å². The fourth-order valence-corrected chi connectivity index (χ4v) is 3.41. The minimum atomic E-state index is -0.316. The number of aromatic nitrogens is 5. The average molecular weight is 401 g/mol. The SMILES string of the molecule is COc1ccc(Cn2ccc3c(nnc4c(-c5ccc(F)cc5)cnn43)c2=O)cc1. The number of pyridine rings is 1. The molecule has 148 valence electrons. The lowest BCUT2D eigenvalue weighted by atomic mass is 10.1. The van der Waals surface area contributed by atoms with E-state index in [9.17, 15) is 9.18 Å². The van der Waals surface area contributed by atoms with Crippen LogP contribution in [0, 0.1) is 5.82 Å². The molecule has 30 heavy (non-hydrogen) atoms. The highest BCUT2D eigenvalue weighted by Gasteiger charge is 2.14. The van der Waals surface area contributed by atoms with Gasteiger partial charge in [0.2, 0.25) is 0 Å². The summed E-state index contributed by atoms with van der Waals surface area (Å²) in [6, 6.07) is 15.4. The maximum Gasteiger partial charge on any atom is 0.280 e. The fraction of sp³-hybridized carbons (Fsp3) is 0.0909. The van der Waals surface area contributed by atoms with Crippen molar-refractivity contribution in [2.24, 2.45) is 0 Å². The smallest absolute Gasteiger partial charge is 0.280 e. The van der Waals surface area contributed by atoms with Crippen molar-refractivity contribution in [3.63, 3.8) is 0 Å². The van der Waals surface area contributed by atoms with Crippen molar-refractivity contribution in [3.05, 3.63) is 88.7 Å². The second kappa shape index (κ2) is 7.07. The Kier molecular flexibility index (Phi) is 4.24. The van der Waals surface area contributed by atoms with Crippen LogP contribution in [0.25, 0.3) is 27.8 Å². The number of hydrogen-bond acceptors (Lipinski definition) is 5. The van der Waals surface area contributed by atoms with Gasteiger partial charge < -0.3 is 9.30 Å². The van der Waals surface area contributed by atoms with E-state index in [2.05, 4.69) is 15.3 Å². The molecule has 0 aliphatic rings. The Morgan fingerprint density at radius 2 is 1.77 bits per heavy atom. The number of ether oxygens (including phenoxy) is 1. The molecule has 0 unspecified atom stereocenters. The van der Waals surface area contributed by atoms with Crippen molar-refractivity contribution in [1.29, 1.82) is 0 Å². The van der Waals surface area contributed by atoms with E-state index in [0.29, 0.717) is 23.3 Å². The molecule has 0 atom stereocenters. The van der Waals surface area contributed by atoms with Gasteiger partial charge >= 0.3 is 0 Å². The van der Waals surface area contributed by atoms with Gasteiger partial charge in [-0.15, -0.1) is 10.2 Å². The fourth-order valence-electron chi connectivity index (χ4n) is 3.41. The number of benzene rings is 2. The summed E-state index contributed by atoms with van der Waals surface area (Å²) < 4.78 is 21.6. The van der Waals surface area contributed by atoms with E-state index in [1.807, 2.05) is 24.3 Å². The molecule has 0 amide bonds. The van der Waals surface area contributed by atoms with Crippen molar-refractivity contribution in [2.75, 3.05) is 7.11 Å². The third kappa shape index (κ3) is 2.98. The highest BCUT2D eigenvalue weighted by atomic mass is 19.1. The average Bonchev–Trinajstić information content (AvgIpc) is 3.21. The van der Waals surface area contributed by atoms with Crippen LogP contribution >= 0.6 is 0 Å². The van der Waals surface area contributed by atoms with Crippen molar-refractivity contribution in [2.45, 2.75) is 6.54 Å². The molecule has 0 aliphatic heterocycles. The van der Waals surface area contributed by atoms with Gasteiger partial charge in [0.25, 0.3) is 5.56 Å². The molecule has 3 aromatic heterocycles. The van der Waals surface area contributed by atoms with Gasteiger partial charge in [0, 0.05) is 11.8 Å². The van der Waals surface area contributed by atoms with E-state index >= 15 is 0 Å². The molecule has 8 heteroatoms. The van der Waals surface area contributed by atoms with Crippen LogP contribution in [0.5, 0.6) is 5.75 Å². The zero-order chi connectivity index (χ0) is 20.7. The van der Waals surface area contributed by atoms with Crippen molar-refractivity contribution in [3.8, 4) is 16.9 Å². The predicted octanol–water partition coefficient (Wildman–Crippen LogP) is 3.30. The minimum Gasteiger partial charge on any atom is -0.497 e. The quantitative estimate of drug-likeness (QED) is 0.462. The number of hydrogen-bond donors (Lipinski definition) is 0. The topological polar surface area (TPSA) is 74.3 Å². The summed E-state index contributed by atoms with van der Waals surface area (Å²) in [5, 5.41) is 12.8. The van der Waals surface area contributed by atoms with Crippen LogP contribution in [0.3, 0.4) is 0 Å². The molecule has 0 bridgehead atoms. The molecule has 0 fully saturated rings. The van der Waals surface area contributed by atoms with Crippen LogP contribution in [0.4, 0.5) is 4.39 Å². The molecule has 0 spiro atoms. The first-order valence-corrected chi connectivity index (χ1v) is 9.26. The third-order valence-electron chi connectivity index (χ3n) is 5.00. The van der Waals surface area contributed by atoms with Gasteiger partial charge in [-0.3, -0.25) is 4.79 Å². The van der Waals surface area contributed by atoms with Gasteiger partial charge in [-0.05, 0) is 41.5 Å². The molecular weight excluding hydrogens is 385 g/mol. The molecule has 0 radical (unpaired) electrons. The molecule has 3 heterocycles. The van der Waals surface area contributed by atoms with Crippen molar-refractivity contribution in [1.82, 2.24) is 24.4 Å². The molecule has 0 N–H and O–H groups in total. The number of methoxy groups -OCH3 is 1. The maximum absolute atomic E-state index is 13.2. The van der Waals surface area contributed by atoms with Gasteiger partial charge in [-0.25, -0.2) is 8.91 Å². The molecule has 0 aliphatic carbocycles. The van der Waals surface area contributed by atoms with Gasteiger partial charge in [0.05, 0.1) is 19.9 Å². The van der Waals surface area contributed by atoms with Gasteiger partial charge in [0.15, 0.2) is 11.2 Å². The summed E-state index contributed by atoms with van der Waals surface area (Å²) >= 11 is 0. The molecule has 0 saturated heterocycles. The van der Waals surface area contributed by atoms with Crippen LogP contribution in [0.15, 0.2) is 71.8 Å². The summed E-state index contributed by atoms with van der Waals surface area (Å²) in [6.07, 6.45) is 3.36.